The highest BCUT2D eigenvalue weighted by molar-refractivity contribution is 7.89. The Morgan fingerprint density at radius 2 is 1.71 bits per heavy atom. The van der Waals surface area contributed by atoms with Gasteiger partial charge in [0, 0.05) is 18.7 Å². The molecule has 0 aliphatic carbocycles. The summed E-state index contributed by atoms with van der Waals surface area (Å²) in [4.78, 5) is 17.8. The van der Waals surface area contributed by atoms with Gasteiger partial charge in [-0.3, -0.25) is 4.79 Å². The van der Waals surface area contributed by atoms with Gasteiger partial charge in [0.25, 0.3) is 5.91 Å². The summed E-state index contributed by atoms with van der Waals surface area (Å²) in [6, 6.07) is 13.8. The standard InChI is InChI=1S/C23H23N3O3S2/c1-2-15-26-20-9-5-6-10-21(20)30-23(26)24-22(27)18-11-13-19(14-12-18)31(28,29)25-16-7-3-4-8-17-25/h1,5-6,9-14H,3-4,7-8,15-17H2. The van der Waals surface area contributed by atoms with Gasteiger partial charge in [-0.25, -0.2) is 8.42 Å². The maximum atomic E-state index is 12.9. The van der Waals surface area contributed by atoms with E-state index in [1.165, 1.54) is 35.6 Å². The number of carbonyl (C=O) groups is 1. The molecule has 0 saturated carbocycles. The predicted octanol–water partition coefficient (Wildman–Crippen LogP) is 3.64. The minimum atomic E-state index is -3.55. The first kappa shape index (κ1) is 21.5. The topological polar surface area (TPSA) is 71.7 Å². The van der Waals surface area contributed by atoms with Gasteiger partial charge in [0.05, 0.1) is 21.7 Å². The van der Waals surface area contributed by atoms with Gasteiger partial charge in [0.1, 0.15) is 0 Å². The van der Waals surface area contributed by atoms with Crippen molar-refractivity contribution in [2.45, 2.75) is 37.1 Å². The van der Waals surface area contributed by atoms with E-state index < -0.39 is 15.9 Å². The Kier molecular flexibility index (Phi) is 6.37. The number of nitrogens with zero attached hydrogens (tertiary/aromatic N) is 3. The number of terminal acetylenes is 1. The number of carbonyl (C=O) groups excluding carboxylic acids is 1. The van der Waals surface area contributed by atoms with Crippen LogP contribution in [0.25, 0.3) is 10.2 Å². The highest BCUT2D eigenvalue weighted by Crippen LogP contribution is 2.21. The lowest BCUT2D eigenvalue weighted by Crippen LogP contribution is -2.31. The van der Waals surface area contributed by atoms with E-state index in [0.29, 0.717) is 30.0 Å². The molecule has 0 radical (unpaired) electrons. The molecule has 2 heterocycles. The Bertz CT molecular complexity index is 1300. The fourth-order valence-corrected chi connectivity index (χ4v) is 6.25. The molecule has 2 aromatic carbocycles. The van der Waals surface area contributed by atoms with E-state index in [4.69, 9.17) is 6.42 Å². The molecular weight excluding hydrogens is 430 g/mol. The Morgan fingerprint density at radius 3 is 2.39 bits per heavy atom. The molecule has 1 aromatic heterocycles. The van der Waals surface area contributed by atoms with Crippen molar-refractivity contribution in [3.8, 4) is 12.3 Å². The summed E-state index contributed by atoms with van der Waals surface area (Å²) >= 11 is 1.39. The summed E-state index contributed by atoms with van der Waals surface area (Å²) in [5, 5.41) is 0. The summed E-state index contributed by atoms with van der Waals surface area (Å²) in [6.07, 6.45) is 9.36. The van der Waals surface area contributed by atoms with Crippen LogP contribution in [0.1, 0.15) is 36.0 Å². The van der Waals surface area contributed by atoms with Crippen LogP contribution < -0.4 is 4.80 Å². The SMILES string of the molecule is C#CCn1c(=NC(=O)c2ccc(S(=O)(=O)N3CCCCCC3)cc2)sc2ccccc21. The molecule has 31 heavy (non-hydrogen) atoms. The number of rotatable bonds is 4. The van der Waals surface area contributed by atoms with Crippen LogP contribution in [0.4, 0.5) is 0 Å². The third kappa shape index (κ3) is 4.49. The molecule has 8 heteroatoms. The van der Waals surface area contributed by atoms with Crippen LogP contribution in [-0.4, -0.2) is 36.3 Å². The number of para-hydroxylation sites is 1. The molecule has 0 spiro atoms. The second-order valence-electron chi connectivity index (χ2n) is 7.40. The minimum absolute atomic E-state index is 0.204. The lowest BCUT2D eigenvalue weighted by Gasteiger charge is -2.19. The number of aromatic nitrogens is 1. The molecule has 0 unspecified atom stereocenters. The zero-order chi connectivity index (χ0) is 21.8. The first-order valence-electron chi connectivity index (χ1n) is 10.2. The minimum Gasteiger partial charge on any atom is -0.305 e. The van der Waals surface area contributed by atoms with Gasteiger partial charge in [-0.15, -0.1) is 6.42 Å². The highest BCUT2D eigenvalue weighted by Gasteiger charge is 2.25. The molecule has 1 amide bonds. The molecule has 160 valence electrons. The molecule has 0 N–H and O–H groups in total. The van der Waals surface area contributed by atoms with Crippen molar-refractivity contribution in [3.63, 3.8) is 0 Å². The average molecular weight is 454 g/mol. The molecule has 1 fully saturated rings. The van der Waals surface area contributed by atoms with Crippen LogP contribution in [0, 0.1) is 12.3 Å². The maximum Gasteiger partial charge on any atom is 0.279 e. The van der Waals surface area contributed by atoms with E-state index in [9.17, 15) is 13.2 Å². The van der Waals surface area contributed by atoms with Gasteiger partial charge >= 0.3 is 0 Å². The van der Waals surface area contributed by atoms with E-state index in [1.54, 1.807) is 4.31 Å². The van der Waals surface area contributed by atoms with Crippen LogP contribution in [0.15, 0.2) is 58.4 Å². The first-order valence-corrected chi connectivity index (χ1v) is 12.5. The van der Waals surface area contributed by atoms with E-state index in [0.717, 1.165) is 35.9 Å². The summed E-state index contributed by atoms with van der Waals surface area (Å²) in [6.45, 7) is 1.39. The molecule has 1 aliphatic rings. The molecule has 0 bridgehead atoms. The number of sulfonamides is 1. The fraction of sp³-hybridized carbons (Fsp3) is 0.304. The van der Waals surface area contributed by atoms with E-state index in [-0.39, 0.29) is 4.90 Å². The smallest absolute Gasteiger partial charge is 0.279 e. The molecule has 1 saturated heterocycles. The predicted molar refractivity (Wildman–Crippen MR) is 122 cm³/mol. The van der Waals surface area contributed by atoms with E-state index >= 15 is 0 Å². The van der Waals surface area contributed by atoms with Crippen molar-refractivity contribution in [3.05, 3.63) is 58.9 Å². The third-order valence-electron chi connectivity index (χ3n) is 5.34. The van der Waals surface area contributed by atoms with Crippen molar-refractivity contribution in [2.75, 3.05) is 13.1 Å². The molecule has 3 aromatic rings. The van der Waals surface area contributed by atoms with Crippen LogP contribution in [-0.2, 0) is 16.6 Å². The zero-order valence-electron chi connectivity index (χ0n) is 17.0. The number of benzene rings is 2. The van der Waals surface area contributed by atoms with Crippen LogP contribution in [0.3, 0.4) is 0 Å². The molecule has 6 nitrogen and oxygen atoms in total. The van der Waals surface area contributed by atoms with Crippen molar-refractivity contribution in [2.24, 2.45) is 4.99 Å². The van der Waals surface area contributed by atoms with Gasteiger partial charge in [0.15, 0.2) is 4.80 Å². The van der Waals surface area contributed by atoms with Crippen LogP contribution in [0.2, 0.25) is 0 Å². The maximum absolute atomic E-state index is 12.9. The zero-order valence-corrected chi connectivity index (χ0v) is 18.7. The lowest BCUT2D eigenvalue weighted by atomic mass is 10.2. The number of hydrogen-bond acceptors (Lipinski definition) is 4. The van der Waals surface area contributed by atoms with Crippen molar-refractivity contribution < 1.29 is 13.2 Å². The fourth-order valence-electron chi connectivity index (χ4n) is 3.70. The monoisotopic (exact) mass is 453 g/mol. The second kappa shape index (κ2) is 9.18. The van der Waals surface area contributed by atoms with Gasteiger partial charge in [-0.05, 0) is 49.2 Å². The van der Waals surface area contributed by atoms with Crippen molar-refractivity contribution >= 4 is 37.5 Å². The number of thiazole rings is 1. The average Bonchev–Trinajstić information content (AvgIpc) is 2.95. The quantitative estimate of drug-likeness (QED) is 0.566. The number of hydrogen-bond donors (Lipinski definition) is 0. The summed E-state index contributed by atoms with van der Waals surface area (Å²) in [5.41, 5.74) is 1.26. The summed E-state index contributed by atoms with van der Waals surface area (Å²) in [7, 11) is -3.55. The highest BCUT2D eigenvalue weighted by atomic mass is 32.2. The normalized spacial score (nSPS) is 16.2. The summed E-state index contributed by atoms with van der Waals surface area (Å²) in [5.74, 6) is 2.17. The Balaban J connectivity index is 1.63. The number of fused-ring (bicyclic) bond motifs is 1. The van der Waals surface area contributed by atoms with Gasteiger partial charge in [0.2, 0.25) is 10.0 Å². The molecule has 1 aliphatic heterocycles. The van der Waals surface area contributed by atoms with E-state index in [2.05, 4.69) is 10.9 Å². The first-order chi connectivity index (χ1) is 15.0. The molecular formula is C23H23N3O3S2. The van der Waals surface area contributed by atoms with Crippen LogP contribution in [0.5, 0.6) is 0 Å². The summed E-state index contributed by atoms with van der Waals surface area (Å²) < 4.78 is 30.2. The third-order valence-corrected chi connectivity index (χ3v) is 8.31. The second-order valence-corrected chi connectivity index (χ2v) is 10.3. The van der Waals surface area contributed by atoms with Gasteiger partial charge in [-0.1, -0.05) is 42.2 Å². The Labute approximate surface area is 185 Å². The van der Waals surface area contributed by atoms with E-state index in [1.807, 2.05) is 28.8 Å². The van der Waals surface area contributed by atoms with Gasteiger partial charge in [-0.2, -0.15) is 9.30 Å². The molecule has 4 rings (SSSR count). The van der Waals surface area contributed by atoms with Crippen molar-refractivity contribution in [1.29, 1.82) is 0 Å². The Morgan fingerprint density at radius 1 is 1.03 bits per heavy atom. The Hall–Kier alpha value is -2.73. The van der Waals surface area contributed by atoms with Crippen LogP contribution >= 0.6 is 11.3 Å². The largest absolute Gasteiger partial charge is 0.305 e. The molecule has 0 atom stereocenters. The van der Waals surface area contributed by atoms with Crippen molar-refractivity contribution in [1.82, 2.24) is 8.87 Å². The number of amides is 1. The van der Waals surface area contributed by atoms with Gasteiger partial charge < -0.3 is 4.57 Å². The lowest BCUT2D eigenvalue weighted by molar-refractivity contribution is 0.0998.